The Bertz CT molecular complexity index is 349. The highest BCUT2D eigenvalue weighted by Gasteiger charge is 2.59. The van der Waals surface area contributed by atoms with E-state index in [-0.39, 0.29) is 47.3 Å². The standard InChI is InChI=1S/C14H27N3O2.HI/c1-5-18-11-9-10(14(11)7-6-8-19-14)16-12(15)17-13(2,3)4;/h10-11H,5-9H2,1-4H3,(H3,15,16,17);1H. The number of guanidine groups is 1. The maximum absolute atomic E-state index is 5.98. The van der Waals surface area contributed by atoms with Gasteiger partial charge in [-0.3, -0.25) is 0 Å². The summed E-state index contributed by atoms with van der Waals surface area (Å²) in [5, 5.41) is 3.20. The molecule has 5 nitrogen and oxygen atoms in total. The summed E-state index contributed by atoms with van der Waals surface area (Å²) in [5.74, 6) is 0.502. The van der Waals surface area contributed by atoms with Crippen LogP contribution in [0.4, 0.5) is 0 Å². The van der Waals surface area contributed by atoms with E-state index in [9.17, 15) is 0 Å². The molecule has 3 unspecified atom stereocenters. The molecule has 1 aliphatic heterocycles. The van der Waals surface area contributed by atoms with Crippen molar-refractivity contribution < 1.29 is 9.47 Å². The number of hydrogen-bond acceptors (Lipinski definition) is 3. The van der Waals surface area contributed by atoms with Crippen LogP contribution in [0.15, 0.2) is 4.99 Å². The zero-order valence-corrected chi connectivity index (χ0v) is 15.3. The Hall–Kier alpha value is -0.0800. The monoisotopic (exact) mass is 397 g/mol. The Labute approximate surface area is 139 Å². The Morgan fingerprint density at radius 1 is 1.50 bits per heavy atom. The average molecular weight is 397 g/mol. The third kappa shape index (κ3) is 3.76. The SMILES string of the molecule is CCOC1CC(N=C(N)NC(C)(C)C)C12CCCO2.I. The smallest absolute Gasteiger partial charge is 0.189 e. The van der Waals surface area contributed by atoms with Crippen molar-refractivity contribution >= 4 is 29.9 Å². The minimum absolute atomic E-state index is 0. The summed E-state index contributed by atoms with van der Waals surface area (Å²) >= 11 is 0. The lowest BCUT2D eigenvalue weighted by Gasteiger charge is -2.50. The Kier molecular flexibility index (Phi) is 6.10. The molecule has 1 saturated carbocycles. The number of halogens is 1. The summed E-state index contributed by atoms with van der Waals surface area (Å²) < 4.78 is 11.7. The van der Waals surface area contributed by atoms with Gasteiger partial charge in [-0.15, -0.1) is 24.0 Å². The van der Waals surface area contributed by atoms with Crippen LogP contribution in [0, 0.1) is 0 Å². The van der Waals surface area contributed by atoms with Gasteiger partial charge in [0.05, 0.1) is 12.1 Å². The summed E-state index contributed by atoms with van der Waals surface area (Å²) in [5.41, 5.74) is 5.69. The molecule has 1 heterocycles. The van der Waals surface area contributed by atoms with Crippen LogP contribution in [-0.4, -0.2) is 42.5 Å². The van der Waals surface area contributed by atoms with Crippen molar-refractivity contribution in [3.63, 3.8) is 0 Å². The van der Waals surface area contributed by atoms with Gasteiger partial charge < -0.3 is 20.5 Å². The Morgan fingerprint density at radius 2 is 2.20 bits per heavy atom. The van der Waals surface area contributed by atoms with Crippen LogP contribution in [-0.2, 0) is 9.47 Å². The summed E-state index contributed by atoms with van der Waals surface area (Å²) in [6, 6.07) is 0.126. The zero-order chi connectivity index (χ0) is 14.1. The van der Waals surface area contributed by atoms with Crippen molar-refractivity contribution in [2.24, 2.45) is 10.7 Å². The second-order valence-electron chi connectivity index (χ2n) is 6.49. The number of nitrogens with two attached hydrogens (primary N) is 1. The molecular weight excluding hydrogens is 369 g/mol. The predicted octanol–water partition coefficient (Wildman–Crippen LogP) is 2.03. The molecule has 3 atom stereocenters. The third-order valence-electron chi connectivity index (χ3n) is 3.79. The molecule has 1 spiro atoms. The van der Waals surface area contributed by atoms with Gasteiger partial charge in [0, 0.05) is 25.2 Å². The van der Waals surface area contributed by atoms with E-state index < -0.39 is 0 Å². The average Bonchev–Trinajstić information content (AvgIpc) is 2.77. The molecule has 2 aliphatic rings. The first-order chi connectivity index (χ1) is 8.87. The second-order valence-corrected chi connectivity index (χ2v) is 6.49. The normalized spacial score (nSPS) is 33.7. The molecule has 3 N–H and O–H groups in total. The summed E-state index contributed by atoms with van der Waals surface area (Å²) in [7, 11) is 0. The molecular formula is C14H28IN3O2. The molecule has 0 amide bonds. The molecule has 0 radical (unpaired) electrons. The van der Waals surface area contributed by atoms with Gasteiger partial charge in [0.1, 0.15) is 5.60 Å². The minimum atomic E-state index is -0.222. The van der Waals surface area contributed by atoms with Crippen LogP contribution in [0.25, 0.3) is 0 Å². The number of nitrogens with zero attached hydrogens (tertiary/aromatic N) is 1. The maximum Gasteiger partial charge on any atom is 0.189 e. The molecule has 1 saturated heterocycles. The molecule has 0 aromatic carbocycles. The zero-order valence-electron chi connectivity index (χ0n) is 12.9. The van der Waals surface area contributed by atoms with E-state index in [0.29, 0.717) is 5.96 Å². The van der Waals surface area contributed by atoms with Crippen molar-refractivity contribution in [1.29, 1.82) is 0 Å². The van der Waals surface area contributed by atoms with Crippen molar-refractivity contribution in [3.8, 4) is 0 Å². The summed E-state index contributed by atoms with van der Waals surface area (Å²) in [4.78, 5) is 4.61. The highest BCUT2D eigenvalue weighted by atomic mass is 127. The van der Waals surface area contributed by atoms with E-state index in [1.807, 2.05) is 6.92 Å². The van der Waals surface area contributed by atoms with Crippen molar-refractivity contribution in [2.75, 3.05) is 13.2 Å². The van der Waals surface area contributed by atoms with Gasteiger partial charge in [0.25, 0.3) is 0 Å². The van der Waals surface area contributed by atoms with Crippen molar-refractivity contribution in [1.82, 2.24) is 5.32 Å². The van der Waals surface area contributed by atoms with Gasteiger partial charge in [-0.05, 0) is 40.5 Å². The summed E-state index contributed by atoms with van der Waals surface area (Å²) in [6.45, 7) is 9.77. The minimum Gasteiger partial charge on any atom is -0.375 e. The van der Waals surface area contributed by atoms with E-state index in [2.05, 4.69) is 31.1 Å². The fourth-order valence-electron chi connectivity index (χ4n) is 3.01. The quantitative estimate of drug-likeness (QED) is 0.435. The first-order valence-electron chi connectivity index (χ1n) is 7.24. The van der Waals surface area contributed by atoms with Gasteiger partial charge in [-0.1, -0.05) is 0 Å². The van der Waals surface area contributed by atoms with Crippen molar-refractivity contribution in [3.05, 3.63) is 0 Å². The molecule has 2 fully saturated rings. The van der Waals surface area contributed by atoms with Gasteiger partial charge in [-0.2, -0.15) is 0 Å². The van der Waals surface area contributed by atoms with Crippen LogP contribution < -0.4 is 11.1 Å². The predicted molar refractivity (Wildman–Crippen MR) is 91.7 cm³/mol. The molecule has 20 heavy (non-hydrogen) atoms. The third-order valence-corrected chi connectivity index (χ3v) is 3.79. The summed E-state index contributed by atoms with van der Waals surface area (Å²) in [6.07, 6.45) is 3.19. The molecule has 2 rings (SSSR count). The lowest BCUT2D eigenvalue weighted by Crippen LogP contribution is -2.64. The largest absolute Gasteiger partial charge is 0.375 e. The number of nitrogens with one attached hydrogen (secondary N) is 1. The highest BCUT2D eigenvalue weighted by Crippen LogP contribution is 2.47. The van der Waals surface area contributed by atoms with Gasteiger partial charge in [0.15, 0.2) is 5.96 Å². The van der Waals surface area contributed by atoms with Crippen LogP contribution in [0.2, 0.25) is 0 Å². The molecule has 6 heteroatoms. The lowest BCUT2D eigenvalue weighted by molar-refractivity contribution is -0.188. The molecule has 0 aromatic rings. The van der Waals surface area contributed by atoms with Gasteiger partial charge in [-0.25, -0.2) is 4.99 Å². The first-order valence-corrected chi connectivity index (χ1v) is 7.24. The molecule has 0 aromatic heterocycles. The van der Waals surface area contributed by atoms with Crippen molar-refractivity contribution in [2.45, 2.75) is 70.2 Å². The number of rotatable bonds is 3. The number of hydrogen-bond donors (Lipinski definition) is 2. The van der Waals surface area contributed by atoms with E-state index in [1.165, 1.54) is 0 Å². The molecule has 0 bridgehead atoms. The Balaban J connectivity index is 0.00000200. The fraction of sp³-hybridized carbons (Fsp3) is 0.929. The first kappa shape index (κ1) is 18.0. The maximum atomic E-state index is 5.98. The van der Waals surface area contributed by atoms with Crippen LogP contribution >= 0.6 is 24.0 Å². The number of aliphatic imine (C=N–C) groups is 1. The van der Waals surface area contributed by atoms with E-state index in [1.54, 1.807) is 0 Å². The topological polar surface area (TPSA) is 68.9 Å². The van der Waals surface area contributed by atoms with Crippen LogP contribution in [0.3, 0.4) is 0 Å². The molecule has 118 valence electrons. The second kappa shape index (κ2) is 6.79. The van der Waals surface area contributed by atoms with Crippen LogP contribution in [0.1, 0.15) is 47.0 Å². The highest BCUT2D eigenvalue weighted by molar-refractivity contribution is 14.0. The fourth-order valence-corrected chi connectivity index (χ4v) is 3.01. The lowest BCUT2D eigenvalue weighted by atomic mass is 9.70. The van der Waals surface area contributed by atoms with E-state index >= 15 is 0 Å². The molecule has 1 aliphatic carbocycles. The van der Waals surface area contributed by atoms with Crippen LogP contribution in [0.5, 0.6) is 0 Å². The Morgan fingerprint density at radius 3 is 2.70 bits per heavy atom. The van der Waals surface area contributed by atoms with E-state index in [0.717, 1.165) is 32.5 Å². The number of ether oxygens (including phenoxy) is 2. The van der Waals surface area contributed by atoms with E-state index in [4.69, 9.17) is 15.2 Å². The van der Waals surface area contributed by atoms with Gasteiger partial charge >= 0.3 is 0 Å². The van der Waals surface area contributed by atoms with Gasteiger partial charge in [0.2, 0.25) is 0 Å².